The SMILES string of the molecule is CON(C)S(=O)(=O)c1cccc(C(=O)OCc2ccc(F)cc2Cl)c1. The number of hydrogen-bond donors (Lipinski definition) is 0. The molecule has 2 rings (SSSR count). The number of hydrogen-bond acceptors (Lipinski definition) is 5. The van der Waals surface area contributed by atoms with Crippen LogP contribution < -0.4 is 0 Å². The Kier molecular flexibility index (Phi) is 6.12. The Bertz CT molecular complexity index is 888. The van der Waals surface area contributed by atoms with Gasteiger partial charge < -0.3 is 4.74 Å². The van der Waals surface area contributed by atoms with Crippen LogP contribution in [0.25, 0.3) is 0 Å². The molecule has 25 heavy (non-hydrogen) atoms. The van der Waals surface area contributed by atoms with E-state index in [2.05, 4.69) is 4.84 Å². The van der Waals surface area contributed by atoms with E-state index in [-0.39, 0.29) is 22.1 Å². The zero-order valence-electron chi connectivity index (χ0n) is 13.4. The predicted octanol–water partition coefficient (Wildman–Crippen LogP) is 3.02. The molecule has 0 saturated heterocycles. The first-order valence-corrected chi connectivity index (χ1v) is 8.81. The highest BCUT2D eigenvalue weighted by atomic mass is 35.5. The molecule has 2 aromatic carbocycles. The largest absolute Gasteiger partial charge is 0.457 e. The molecule has 134 valence electrons. The summed E-state index contributed by atoms with van der Waals surface area (Å²) in [5.74, 6) is -1.24. The fraction of sp³-hybridized carbons (Fsp3) is 0.188. The molecule has 0 aliphatic rings. The molecule has 0 unspecified atom stereocenters. The molecule has 0 N–H and O–H groups in total. The molecule has 6 nitrogen and oxygen atoms in total. The normalized spacial score (nSPS) is 11.6. The van der Waals surface area contributed by atoms with Crippen molar-refractivity contribution < 1.29 is 27.2 Å². The van der Waals surface area contributed by atoms with E-state index in [1.54, 1.807) is 0 Å². The summed E-state index contributed by atoms with van der Waals surface area (Å²) in [4.78, 5) is 16.7. The summed E-state index contributed by atoms with van der Waals surface area (Å²) in [6, 6.07) is 9.05. The van der Waals surface area contributed by atoms with Gasteiger partial charge in [0.1, 0.15) is 12.4 Å². The number of esters is 1. The number of nitrogens with zero attached hydrogens (tertiary/aromatic N) is 1. The molecule has 9 heteroatoms. The molecular formula is C16H15ClFNO5S. The van der Waals surface area contributed by atoms with Crippen LogP contribution in [0.3, 0.4) is 0 Å². The van der Waals surface area contributed by atoms with E-state index in [0.29, 0.717) is 10.0 Å². The van der Waals surface area contributed by atoms with Crippen LogP contribution >= 0.6 is 11.6 Å². The van der Waals surface area contributed by atoms with Crippen molar-refractivity contribution in [3.63, 3.8) is 0 Å². The van der Waals surface area contributed by atoms with Crippen LogP contribution in [-0.2, 0) is 26.2 Å². The zero-order valence-corrected chi connectivity index (χ0v) is 15.0. The summed E-state index contributed by atoms with van der Waals surface area (Å²) in [5, 5.41) is 0.130. The van der Waals surface area contributed by atoms with Crippen molar-refractivity contribution in [2.24, 2.45) is 0 Å². The Labute approximate surface area is 149 Å². The van der Waals surface area contributed by atoms with Crippen LogP contribution in [0.4, 0.5) is 4.39 Å². The molecule has 0 amide bonds. The average Bonchev–Trinajstić information content (AvgIpc) is 2.60. The number of sulfonamides is 1. The standard InChI is InChI=1S/C16H15ClFNO5S/c1-19(23-2)25(21,22)14-5-3-4-11(8-14)16(20)24-10-12-6-7-13(18)9-15(12)17/h3-9H,10H2,1-2H3. The fourth-order valence-electron chi connectivity index (χ4n) is 1.90. The molecule has 0 spiro atoms. The first-order valence-electron chi connectivity index (χ1n) is 7.00. The third kappa shape index (κ3) is 4.55. The van der Waals surface area contributed by atoms with Crippen molar-refractivity contribution in [1.82, 2.24) is 4.47 Å². The van der Waals surface area contributed by atoms with Gasteiger partial charge in [0.2, 0.25) is 0 Å². The average molecular weight is 388 g/mol. The Morgan fingerprint density at radius 3 is 2.60 bits per heavy atom. The minimum absolute atomic E-state index is 0.0452. The minimum Gasteiger partial charge on any atom is -0.457 e. The van der Waals surface area contributed by atoms with Gasteiger partial charge in [-0.25, -0.2) is 17.6 Å². The lowest BCUT2D eigenvalue weighted by molar-refractivity contribution is -0.0258. The monoisotopic (exact) mass is 387 g/mol. The Morgan fingerprint density at radius 2 is 1.96 bits per heavy atom. The van der Waals surface area contributed by atoms with Crippen molar-refractivity contribution in [3.8, 4) is 0 Å². The van der Waals surface area contributed by atoms with Crippen molar-refractivity contribution in [3.05, 3.63) is 64.4 Å². The molecule has 0 aromatic heterocycles. The van der Waals surface area contributed by atoms with Crippen molar-refractivity contribution in [2.45, 2.75) is 11.5 Å². The third-order valence-corrected chi connectivity index (χ3v) is 5.36. The highest BCUT2D eigenvalue weighted by molar-refractivity contribution is 7.89. The zero-order chi connectivity index (χ0) is 18.6. The van der Waals surface area contributed by atoms with E-state index in [9.17, 15) is 17.6 Å². The number of hydroxylamine groups is 1. The van der Waals surface area contributed by atoms with Gasteiger partial charge in [-0.2, -0.15) is 0 Å². The maximum absolute atomic E-state index is 13.0. The number of ether oxygens (including phenoxy) is 1. The maximum atomic E-state index is 13.0. The second kappa shape index (κ2) is 7.92. The maximum Gasteiger partial charge on any atom is 0.338 e. The molecule has 0 aliphatic heterocycles. The summed E-state index contributed by atoms with van der Waals surface area (Å²) >= 11 is 5.86. The summed E-state index contributed by atoms with van der Waals surface area (Å²) in [7, 11) is -1.44. The summed E-state index contributed by atoms with van der Waals surface area (Å²) in [6.45, 7) is -0.174. The van der Waals surface area contributed by atoms with Crippen molar-refractivity contribution in [2.75, 3.05) is 14.2 Å². The van der Waals surface area contributed by atoms with E-state index in [4.69, 9.17) is 16.3 Å². The van der Waals surface area contributed by atoms with Crippen molar-refractivity contribution >= 4 is 27.6 Å². The number of benzene rings is 2. The first kappa shape index (κ1) is 19.3. The summed E-state index contributed by atoms with van der Waals surface area (Å²) < 4.78 is 43.2. The van der Waals surface area contributed by atoms with Crippen LogP contribution in [0.5, 0.6) is 0 Å². The van der Waals surface area contributed by atoms with E-state index < -0.39 is 21.8 Å². The van der Waals surface area contributed by atoms with Gasteiger partial charge in [-0.1, -0.05) is 28.2 Å². The smallest absolute Gasteiger partial charge is 0.338 e. The van der Waals surface area contributed by atoms with Gasteiger partial charge in [-0.15, -0.1) is 0 Å². The van der Waals surface area contributed by atoms with Crippen LogP contribution in [0.2, 0.25) is 5.02 Å². The van der Waals surface area contributed by atoms with Gasteiger partial charge in [0, 0.05) is 12.6 Å². The first-order chi connectivity index (χ1) is 11.8. The van der Waals surface area contributed by atoms with Gasteiger partial charge in [-0.05, 0) is 30.3 Å². The quantitative estimate of drug-likeness (QED) is 0.562. The highest BCUT2D eigenvalue weighted by Crippen LogP contribution is 2.20. The number of halogens is 2. The lowest BCUT2D eigenvalue weighted by Crippen LogP contribution is -2.25. The minimum atomic E-state index is -3.88. The Hall–Kier alpha value is -2.00. The lowest BCUT2D eigenvalue weighted by Gasteiger charge is -2.14. The topological polar surface area (TPSA) is 72.9 Å². The predicted molar refractivity (Wildman–Crippen MR) is 88.9 cm³/mol. The molecule has 0 atom stereocenters. The molecular weight excluding hydrogens is 373 g/mol. The van der Waals surface area contributed by atoms with Crippen LogP contribution in [0, 0.1) is 5.82 Å². The number of carbonyl (C=O) groups is 1. The Balaban J connectivity index is 2.16. The van der Waals surface area contributed by atoms with Crippen LogP contribution in [-0.4, -0.2) is 33.0 Å². The second-order valence-corrected chi connectivity index (χ2v) is 7.28. The van der Waals surface area contributed by atoms with E-state index in [1.165, 1.54) is 50.6 Å². The van der Waals surface area contributed by atoms with Crippen LogP contribution in [0.15, 0.2) is 47.4 Å². The lowest BCUT2D eigenvalue weighted by atomic mass is 10.2. The van der Waals surface area contributed by atoms with E-state index in [1.807, 2.05) is 0 Å². The van der Waals surface area contributed by atoms with Gasteiger partial charge in [0.15, 0.2) is 0 Å². The number of carbonyl (C=O) groups excluding carboxylic acids is 1. The summed E-state index contributed by atoms with van der Waals surface area (Å²) in [5.41, 5.74) is 0.475. The van der Waals surface area contributed by atoms with Crippen molar-refractivity contribution in [1.29, 1.82) is 0 Å². The van der Waals surface area contributed by atoms with Gasteiger partial charge in [-0.3, -0.25) is 4.84 Å². The number of rotatable bonds is 6. The Morgan fingerprint density at radius 1 is 1.24 bits per heavy atom. The molecule has 0 radical (unpaired) electrons. The van der Waals surface area contributed by atoms with Gasteiger partial charge >= 0.3 is 5.97 Å². The van der Waals surface area contributed by atoms with Crippen LogP contribution in [0.1, 0.15) is 15.9 Å². The van der Waals surface area contributed by atoms with E-state index >= 15 is 0 Å². The third-order valence-electron chi connectivity index (χ3n) is 3.34. The molecule has 0 fully saturated rings. The fourth-order valence-corrected chi connectivity index (χ4v) is 3.14. The molecule has 0 bridgehead atoms. The summed E-state index contributed by atoms with van der Waals surface area (Å²) in [6.07, 6.45) is 0. The molecule has 0 heterocycles. The second-order valence-electron chi connectivity index (χ2n) is 4.94. The van der Waals surface area contributed by atoms with Gasteiger partial charge in [0.25, 0.3) is 10.0 Å². The van der Waals surface area contributed by atoms with Gasteiger partial charge in [0.05, 0.1) is 22.6 Å². The molecule has 2 aromatic rings. The molecule has 0 aliphatic carbocycles. The highest BCUT2D eigenvalue weighted by Gasteiger charge is 2.22. The van der Waals surface area contributed by atoms with E-state index in [0.717, 1.165) is 6.07 Å². The molecule has 0 saturated carbocycles.